The van der Waals surface area contributed by atoms with Gasteiger partial charge in [-0.3, -0.25) is 0 Å². The largest absolute Gasteiger partial charge is 0.497 e. The fourth-order valence-electron chi connectivity index (χ4n) is 1.46. The van der Waals surface area contributed by atoms with Gasteiger partial charge in [-0.15, -0.1) is 0 Å². The zero-order valence-corrected chi connectivity index (χ0v) is 7.49. The molecule has 0 bridgehead atoms. The first-order valence-corrected chi connectivity index (χ1v) is 4.31. The molecule has 3 heteroatoms. The van der Waals surface area contributed by atoms with Gasteiger partial charge in [0.1, 0.15) is 11.5 Å². The smallest absolute Gasteiger partial charge is 0.197 e. The van der Waals surface area contributed by atoms with Crippen LogP contribution in [0.3, 0.4) is 0 Å². The van der Waals surface area contributed by atoms with Crippen molar-refractivity contribution in [3.8, 4) is 11.5 Å². The Bertz CT molecular complexity index is 309. The van der Waals surface area contributed by atoms with Crippen LogP contribution in [-0.2, 0) is 6.42 Å². The predicted molar refractivity (Wildman–Crippen MR) is 47.9 cm³/mol. The average molecular weight is 180 g/mol. The summed E-state index contributed by atoms with van der Waals surface area (Å²) in [5, 5.41) is 9.26. The van der Waals surface area contributed by atoms with Gasteiger partial charge in [-0.1, -0.05) is 6.07 Å². The third-order valence-corrected chi connectivity index (χ3v) is 2.20. The van der Waals surface area contributed by atoms with E-state index >= 15 is 0 Å². The van der Waals surface area contributed by atoms with Crippen molar-refractivity contribution in [1.29, 1.82) is 0 Å². The van der Waals surface area contributed by atoms with Crippen LogP contribution in [0.4, 0.5) is 0 Å². The molecule has 1 unspecified atom stereocenters. The highest BCUT2D eigenvalue weighted by molar-refractivity contribution is 5.41. The molecule has 0 radical (unpaired) electrons. The van der Waals surface area contributed by atoms with Crippen LogP contribution in [-0.4, -0.2) is 18.5 Å². The van der Waals surface area contributed by atoms with Gasteiger partial charge in [0.2, 0.25) is 0 Å². The number of aliphatic hydroxyl groups is 1. The van der Waals surface area contributed by atoms with Gasteiger partial charge in [0.25, 0.3) is 0 Å². The molecule has 1 aromatic carbocycles. The average Bonchev–Trinajstić information content (AvgIpc) is 2.16. The minimum atomic E-state index is -0.667. The zero-order chi connectivity index (χ0) is 9.26. The van der Waals surface area contributed by atoms with Crippen molar-refractivity contribution in [3.05, 3.63) is 23.8 Å². The summed E-state index contributed by atoms with van der Waals surface area (Å²) in [7, 11) is 1.61. The van der Waals surface area contributed by atoms with Crippen LogP contribution in [0.2, 0.25) is 0 Å². The molecule has 0 spiro atoms. The van der Waals surface area contributed by atoms with E-state index in [2.05, 4.69) is 0 Å². The number of hydrogen-bond donors (Lipinski definition) is 1. The van der Waals surface area contributed by atoms with Gasteiger partial charge >= 0.3 is 0 Å². The highest BCUT2D eigenvalue weighted by atomic mass is 16.6. The third-order valence-electron chi connectivity index (χ3n) is 2.20. The molecule has 2 rings (SSSR count). The molecule has 1 atom stereocenters. The Morgan fingerprint density at radius 2 is 2.38 bits per heavy atom. The summed E-state index contributed by atoms with van der Waals surface area (Å²) in [5.74, 6) is 1.49. The number of hydrogen-bond acceptors (Lipinski definition) is 3. The lowest BCUT2D eigenvalue weighted by Crippen LogP contribution is -2.21. The molecule has 0 saturated heterocycles. The van der Waals surface area contributed by atoms with Crippen LogP contribution >= 0.6 is 0 Å². The van der Waals surface area contributed by atoms with Gasteiger partial charge in [0, 0.05) is 12.5 Å². The van der Waals surface area contributed by atoms with E-state index in [0.717, 1.165) is 23.5 Å². The monoisotopic (exact) mass is 180 g/mol. The number of benzene rings is 1. The first kappa shape index (κ1) is 8.38. The summed E-state index contributed by atoms with van der Waals surface area (Å²) in [4.78, 5) is 0. The van der Waals surface area contributed by atoms with E-state index in [1.165, 1.54) is 0 Å². The maximum absolute atomic E-state index is 9.26. The molecule has 70 valence electrons. The molecule has 0 saturated carbocycles. The van der Waals surface area contributed by atoms with E-state index in [0.29, 0.717) is 6.42 Å². The Balaban J connectivity index is 2.32. The van der Waals surface area contributed by atoms with Crippen LogP contribution in [0.1, 0.15) is 12.0 Å². The Kier molecular flexibility index (Phi) is 2.10. The summed E-state index contributed by atoms with van der Waals surface area (Å²) in [6.45, 7) is 0. The quantitative estimate of drug-likeness (QED) is 0.708. The highest BCUT2D eigenvalue weighted by Gasteiger charge is 2.17. The summed E-state index contributed by atoms with van der Waals surface area (Å²) in [5.41, 5.74) is 1.13. The van der Waals surface area contributed by atoms with Gasteiger partial charge in [0.15, 0.2) is 6.29 Å². The molecule has 0 fully saturated rings. The minimum Gasteiger partial charge on any atom is -0.497 e. The van der Waals surface area contributed by atoms with E-state index in [4.69, 9.17) is 9.47 Å². The third kappa shape index (κ3) is 1.60. The van der Waals surface area contributed by atoms with Crippen molar-refractivity contribution < 1.29 is 14.6 Å². The van der Waals surface area contributed by atoms with E-state index in [-0.39, 0.29) is 0 Å². The van der Waals surface area contributed by atoms with Crippen LogP contribution in [0.25, 0.3) is 0 Å². The van der Waals surface area contributed by atoms with Crippen LogP contribution in [0, 0.1) is 0 Å². The highest BCUT2D eigenvalue weighted by Crippen LogP contribution is 2.30. The van der Waals surface area contributed by atoms with Crippen molar-refractivity contribution in [3.63, 3.8) is 0 Å². The van der Waals surface area contributed by atoms with Crippen molar-refractivity contribution in [2.75, 3.05) is 7.11 Å². The molecular weight excluding hydrogens is 168 g/mol. The maximum Gasteiger partial charge on any atom is 0.197 e. The minimum absolute atomic E-state index is 0.666. The summed E-state index contributed by atoms with van der Waals surface area (Å²) in [6, 6.07) is 5.68. The molecule has 1 aliphatic heterocycles. The second-order valence-corrected chi connectivity index (χ2v) is 3.08. The predicted octanol–water partition coefficient (Wildman–Crippen LogP) is 1.34. The van der Waals surface area contributed by atoms with Crippen molar-refractivity contribution in [2.45, 2.75) is 19.1 Å². The molecule has 1 heterocycles. The standard InChI is InChI=1S/C10H12O3/c1-12-8-4-2-7-3-5-10(11)13-9(7)6-8/h2,4,6,10-11H,3,5H2,1H3. The molecule has 1 aromatic rings. The van der Waals surface area contributed by atoms with E-state index in [1.807, 2.05) is 12.1 Å². The number of ether oxygens (including phenoxy) is 2. The van der Waals surface area contributed by atoms with Gasteiger partial charge in [-0.25, -0.2) is 0 Å². The van der Waals surface area contributed by atoms with Crippen LogP contribution < -0.4 is 9.47 Å². The lowest BCUT2D eigenvalue weighted by atomic mass is 10.1. The Morgan fingerprint density at radius 1 is 1.54 bits per heavy atom. The van der Waals surface area contributed by atoms with Gasteiger partial charge in [-0.2, -0.15) is 0 Å². The van der Waals surface area contributed by atoms with Gasteiger partial charge in [0.05, 0.1) is 7.11 Å². The second-order valence-electron chi connectivity index (χ2n) is 3.08. The van der Waals surface area contributed by atoms with E-state index < -0.39 is 6.29 Å². The first-order chi connectivity index (χ1) is 6.29. The van der Waals surface area contributed by atoms with Gasteiger partial charge in [-0.05, 0) is 18.1 Å². The lowest BCUT2D eigenvalue weighted by Gasteiger charge is -2.22. The molecule has 1 N–H and O–H groups in total. The molecule has 13 heavy (non-hydrogen) atoms. The summed E-state index contributed by atoms with van der Waals surface area (Å²) in [6.07, 6.45) is 0.861. The van der Waals surface area contributed by atoms with Crippen molar-refractivity contribution in [2.24, 2.45) is 0 Å². The zero-order valence-electron chi connectivity index (χ0n) is 7.49. The normalized spacial score (nSPS) is 20.3. The summed E-state index contributed by atoms with van der Waals surface area (Å²) < 4.78 is 10.3. The number of rotatable bonds is 1. The number of fused-ring (bicyclic) bond motifs is 1. The number of aryl methyl sites for hydroxylation is 1. The molecule has 0 aromatic heterocycles. The fraction of sp³-hybridized carbons (Fsp3) is 0.400. The molecule has 0 amide bonds. The second kappa shape index (κ2) is 3.26. The lowest BCUT2D eigenvalue weighted by molar-refractivity contribution is -0.0317. The van der Waals surface area contributed by atoms with Crippen molar-refractivity contribution in [1.82, 2.24) is 0 Å². The Hall–Kier alpha value is -1.22. The first-order valence-electron chi connectivity index (χ1n) is 4.31. The molecule has 0 aliphatic carbocycles. The van der Waals surface area contributed by atoms with E-state index in [1.54, 1.807) is 13.2 Å². The van der Waals surface area contributed by atoms with Crippen molar-refractivity contribution >= 4 is 0 Å². The van der Waals surface area contributed by atoms with Crippen LogP contribution in [0.5, 0.6) is 11.5 Å². The molecular formula is C10H12O3. The summed E-state index contributed by atoms with van der Waals surface area (Å²) >= 11 is 0. The number of methoxy groups -OCH3 is 1. The Labute approximate surface area is 76.9 Å². The Morgan fingerprint density at radius 3 is 3.15 bits per heavy atom. The van der Waals surface area contributed by atoms with Crippen LogP contribution in [0.15, 0.2) is 18.2 Å². The number of aliphatic hydroxyl groups excluding tert-OH is 1. The maximum atomic E-state index is 9.26. The molecule has 3 nitrogen and oxygen atoms in total. The SMILES string of the molecule is COc1ccc2c(c1)OC(O)CC2. The fourth-order valence-corrected chi connectivity index (χ4v) is 1.46. The molecule has 1 aliphatic rings. The topological polar surface area (TPSA) is 38.7 Å². The van der Waals surface area contributed by atoms with Gasteiger partial charge < -0.3 is 14.6 Å². The van der Waals surface area contributed by atoms with E-state index in [9.17, 15) is 5.11 Å².